The summed E-state index contributed by atoms with van der Waals surface area (Å²) in [5.41, 5.74) is 2.18. The molecule has 3 aromatic rings. The summed E-state index contributed by atoms with van der Waals surface area (Å²) in [6, 6.07) is 10.4. The minimum Gasteiger partial charge on any atom is -0.305 e. The van der Waals surface area contributed by atoms with Crippen molar-refractivity contribution in [2.24, 2.45) is 0 Å². The Bertz CT molecular complexity index is 749. The third-order valence-electron chi connectivity index (χ3n) is 3.53. The molecule has 1 atom stereocenters. The number of nitrogens with one attached hydrogen (secondary N) is 1. The molecule has 4 heteroatoms. The summed E-state index contributed by atoms with van der Waals surface area (Å²) in [6.07, 6.45) is 5.55. The second-order valence-electron chi connectivity index (χ2n) is 4.96. The number of hydrogen-bond acceptors (Lipinski definition) is 4. The van der Waals surface area contributed by atoms with Crippen molar-refractivity contribution in [3.8, 4) is 0 Å². The van der Waals surface area contributed by atoms with Crippen LogP contribution < -0.4 is 5.32 Å². The van der Waals surface area contributed by atoms with Gasteiger partial charge in [-0.2, -0.15) is 0 Å². The van der Waals surface area contributed by atoms with Crippen LogP contribution in [0.25, 0.3) is 10.8 Å². The lowest BCUT2D eigenvalue weighted by molar-refractivity contribution is 0.615. The van der Waals surface area contributed by atoms with E-state index in [-0.39, 0.29) is 6.04 Å². The van der Waals surface area contributed by atoms with Crippen molar-refractivity contribution in [1.29, 1.82) is 0 Å². The van der Waals surface area contributed by atoms with Crippen molar-refractivity contribution >= 4 is 10.8 Å². The monoisotopic (exact) mass is 278 g/mol. The van der Waals surface area contributed by atoms with Gasteiger partial charge in [0.2, 0.25) is 0 Å². The highest BCUT2D eigenvalue weighted by Crippen LogP contribution is 2.27. The predicted octanol–water partition coefficient (Wildman–Crippen LogP) is 3.03. The molecule has 0 fully saturated rings. The molecule has 106 valence electrons. The predicted molar refractivity (Wildman–Crippen MR) is 84.0 cm³/mol. The highest BCUT2D eigenvalue weighted by molar-refractivity contribution is 5.85. The maximum atomic E-state index is 4.58. The van der Waals surface area contributed by atoms with Crippen molar-refractivity contribution in [2.45, 2.75) is 19.9 Å². The summed E-state index contributed by atoms with van der Waals surface area (Å²) in [4.78, 5) is 13.0. The van der Waals surface area contributed by atoms with Gasteiger partial charge in [0.15, 0.2) is 0 Å². The van der Waals surface area contributed by atoms with Gasteiger partial charge in [-0.1, -0.05) is 25.1 Å². The van der Waals surface area contributed by atoms with Gasteiger partial charge in [0.05, 0.1) is 11.7 Å². The molecule has 0 spiro atoms. The second-order valence-corrected chi connectivity index (χ2v) is 4.96. The van der Waals surface area contributed by atoms with Crippen LogP contribution in [-0.4, -0.2) is 21.5 Å². The molecular formula is C17H18N4. The lowest BCUT2D eigenvalue weighted by Crippen LogP contribution is -2.23. The zero-order valence-electron chi connectivity index (χ0n) is 12.2. The van der Waals surface area contributed by atoms with Gasteiger partial charge in [-0.15, -0.1) is 0 Å². The number of aromatic nitrogens is 3. The van der Waals surface area contributed by atoms with E-state index in [1.54, 1.807) is 0 Å². The number of pyridine rings is 1. The molecule has 0 bridgehead atoms. The average molecular weight is 278 g/mol. The van der Waals surface area contributed by atoms with Crippen molar-refractivity contribution in [3.63, 3.8) is 0 Å². The molecular weight excluding hydrogens is 260 g/mol. The van der Waals surface area contributed by atoms with Crippen LogP contribution >= 0.6 is 0 Å². The Morgan fingerprint density at radius 1 is 1.14 bits per heavy atom. The average Bonchev–Trinajstić information content (AvgIpc) is 2.52. The Hall–Kier alpha value is -2.33. The van der Waals surface area contributed by atoms with Gasteiger partial charge in [-0.05, 0) is 36.6 Å². The smallest absolute Gasteiger partial charge is 0.125 e. The third-order valence-corrected chi connectivity index (χ3v) is 3.53. The first-order valence-corrected chi connectivity index (χ1v) is 7.15. The molecule has 2 heterocycles. The van der Waals surface area contributed by atoms with E-state index in [1.165, 1.54) is 10.9 Å². The SMILES string of the molecule is CCNC(c1ccnc(C)n1)c1cccc2ccncc12. The lowest BCUT2D eigenvalue weighted by Gasteiger charge is -2.19. The molecule has 21 heavy (non-hydrogen) atoms. The molecule has 1 unspecified atom stereocenters. The molecule has 0 radical (unpaired) electrons. The van der Waals surface area contributed by atoms with Gasteiger partial charge >= 0.3 is 0 Å². The minimum absolute atomic E-state index is 0.0459. The first-order chi connectivity index (χ1) is 10.3. The quantitative estimate of drug-likeness (QED) is 0.797. The fraction of sp³-hybridized carbons (Fsp3) is 0.235. The summed E-state index contributed by atoms with van der Waals surface area (Å²) in [7, 11) is 0. The highest BCUT2D eigenvalue weighted by atomic mass is 15.0. The molecule has 2 aromatic heterocycles. The van der Waals surface area contributed by atoms with E-state index in [2.05, 4.69) is 45.4 Å². The Labute approximate surface area is 124 Å². The number of rotatable bonds is 4. The molecule has 0 aliphatic rings. The normalized spacial score (nSPS) is 12.5. The van der Waals surface area contributed by atoms with Crippen molar-refractivity contribution in [2.75, 3.05) is 6.54 Å². The van der Waals surface area contributed by atoms with Crippen LogP contribution in [0.4, 0.5) is 0 Å². The Morgan fingerprint density at radius 3 is 2.86 bits per heavy atom. The van der Waals surface area contributed by atoms with Crippen molar-refractivity contribution in [1.82, 2.24) is 20.3 Å². The zero-order chi connectivity index (χ0) is 14.7. The summed E-state index contributed by atoms with van der Waals surface area (Å²) < 4.78 is 0. The molecule has 0 saturated carbocycles. The highest BCUT2D eigenvalue weighted by Gasteiger charge is 2.17. The fourth-order valence-corrected chi connectivity index (χ4v) is 2.60. The van der Waals surface area contributed by atoms with E-state index in [0.29, 0.717) is 0 Å². The summed E-state index contributed by atoms with van der Waals surface area (Å²) in [6.45, 7) is 4.88. The Balaban J connectivity index is 2.16. The van der Waals surface area contributed by atoms with Crippen LogP contribution in [0.1, 0.15) is 30.0 Å². The first kappa shape index (κ1) is 13.6. The zero-order valence-corrected chi connectivity index (χ0v) is 12.2. The minimum atomic E-state index is 0.0459. The maximum Gasteiger partial charge on any atom is 0.125 e. The topological polar surface area (TPSA) is 50.7 Å². The van der Waals surface area contributed by atoms with E-state index >= 15 is 0 Å². The van der Waals surface area contributed by atoms with Crippen LogP contribution in [0.15, 0.2) is 48.9 Å². The Morgan fingerprint density at radius 2 is 2.05 bits per heavy atom. The van der Waals surface area contributed by atoms with Crippen LogP contribution in [0.2, 0.25) is 0 Å². The first-order valence-electron chi connectivity index (χ1n) is 7.15. The van der Waals surface area contributed by atoms with E-state index in [0.717, 1.165) is 23.4 Å². The maximum absolute atomic E-state index is 4.58. The number of nitrogens with zero attached hydrogens (tertiary/aromatic N) is 3. The van der Waals surface area contributed by atoms with Gasteiger partial charge in [0, 0.05) is 24.0 Å². The molecule has 0 amide bonds. The van der Waals surface area contributed by atoms with E-state index in [4.69, 9.17) is 0 Å². The standard InChI is InChI=1S/C17H18N4/c1-3-19-17(16-8-10-20-12(2)21-16)14-6-4-5-13-7-9-18-11-15(13)14/h4-11,17,19H,3H2,1-2H3. The van der Waals surface area contributed by atoms with Crippen LogP contribution in [0.3, 0.4) is 0 Å². The lowest BCUT2D eigenvalue weighted by atomic mass is 9.97. The van der Waals surface area contributed by atoms with E-state index in [9.17, 15) is 0 Å². The second kappa shape index (κ2) is 5.97. The van der Waals surface area contributed by atoms with Gasteiger partial charge in [-0.3, -0.25) is 4.98 Å². The van der Waals surface area contributed by atoms with Crippen molar-refractivity contribution < 1.29 is 0 Å². The third kappa shape index (κ3) is 2.76. The molecule has 0 aliphatic carbocycles. The van der Waals surface area contributed by atoms with Crippen molar-refractivity contribution in [3.05, 3.63) is 66.0 Å². The number of aryl methyl sites for hydroxylation is 1. The largest absolute Gasteiger partial charge is 0.305 e. The Kier molecular flexibility index (Phi) is 3.88. The summed E-state index contributed by atoms with van der Waals surface area (Å²) >= 11 is 0. The van der Waals surface area contributed by atoms with Gasteiger partial charge in [-0.25, -0.2) is 9.97 Å². The van der Waals surface area contributed by atoms with Crippen LogP contribution in [0, 0.1) is 6.92 Å². The molecule has 1 N–H and O–H groups in total. The van der Waals surface area contributed by atoms with Crippen LogP contribution in [-0.2, 0) is 0 Å². The van der Waals surface area contributed by atoms with Gasteiger partial charge in [0.25, 0.3) is 0 Å². The summed E-state index contributed by atoms with van der Waals surface area (Å²) in [5, 5.41) is 5.86. The van der Waals surface area contributed by atoms with Crippen LogP contribution in [0.5, 0.6) is 0 Å². The van der Waals surface area contributed by atoms with Gasteiger partial charge in [0.1, 0.15) is 5.82 Å². The fourth-order valence-electron chi connectivity index (χ4n) is 2.60. The van der Waals surface area contributed by atoms with E-state index in [1.807, 2.05) is 37.6 Å². The molecule has 0 aliphatic heterocycles. The molecule has 3 rings (SSSR count). The van der Waals surface area contributed by atoms with Gasteiger partial charge < -0.3 is 5.32 Å². The number of benzene rings is 1. The van der Waals surface area contributed by atoms with E-state index < -0.39 is 0 Å². The number of hydrogen-bond donors (Lipinski definition) is 1. The number of fused-ring (bicyclic) bond motifs is 1. The molecule has 0 saturated heterocycles. The molecule has 4 nitrogen and oxygen atoms in total. The summed E-state index contributed by atoms with van der Waals surface area (Å²) in [5.74, 6) is 0.786. The molecule has 1 aromatic carbocycles.